The molecule has 2 aliphatic heterocycles. The van der Waals surface area contributed by atoms with E-state index in [0.29, 0.717) is 17.5 Å². The van der Waals surface area contributed by atoms with Gasteiger partial charge in [-0.15, -0.1) is 4.72 Å². The first-order valence-corrected chi connectivity index (χ1v) is 13.2. The molecule has 35 heavy (non-hydrogen) atoms. The zero-order valence-electron chi connectivity index (χ0n) is 20.2. The average Bonchev–Trinajstić information content (AvgIpc) is 2.71. The summed E-state index contributed by atoms with van der Waals surface area (Å²) in [7, 11) is 0. The number of amides is 1. The van der Waals surface area contributed by atoms with Gasteiger partial charge in [-0.2, -0.15) is 0 Å². The van der Waals surface area contributed by atoms with Crippen LogP contribution in [0.1, 0.15) is 39.2 Å². The quantitative estimate of drug-likeness (QED) is 0.459. The second-order valence-corrected chi connectivity index (χ2v) is 11.1. The lowest BCUT2D eigenvalue weighted by Gasteiger charge is -2.58. The van der Waals surface area contributed by atoms with Crippen LogP contribution in [0.2, 0.25) is 0 Å². The number of carbonyl (C=O) groups is 2. The zero-order chi connectivity index (χ0) is 25.5. The smallest absolute Gasteiger partial charge is 0.303 e. The molecule has 2 heterocycles. The number of hydrogen-bond acceptors (Lipinski definition) is 5. The molecule has 5 rings (SSSR count). The Morgan fingerprint density at radius 3 is 2.40 bits per heavy atom. The highest BCUT2D eigenvalue weighted by atomic mass is 32.2. The topological polar surface area (TPSA) is 81.7 Å². The van der Waals surface area contributed by atoms with E-state index in [9.17, 15) is 22.9 Å². The van der Waals surface area contributed by atoms with Crippen LogP contribution in [0.25, 0.3) is 11.1 Å². The van der Waals surface area contributed by atoms with Crippen LogP contribution >= 0.6 is 0 Å². The van der Waals surface area contributed by atoms with Gasteiger partial charge in [-0.25, -0.2) is 8.78 Å². The molecular weight excluding hydrogens is 474 g/mol. The summed E-state index contributed by atoms with van der Waals surface area (Å²) >= 11 is -1.29. The van der Waals surface area contributed by atoms with Crippen LogP contribution < -0.4 is 4.72 Å². The Morgan fingerprint density at radius 1 is 1.14 bits per heavy atom. The minimum atomic E-state index is -1.34. The number of rotatable bonds is 7. The Bertz CT molecular complexity index is 1100. The van der Waals surface area contributed by atoms with E-state index in [2.05, 4.69) is 4.72 Å². The zero-order valence-corrected chi connectivity index (χ0v) is 21.0. The van der Waals surface area contributed by atoms with E-state index < -0.39 is 34.6 Å². The second kappa shape index (κ2) is 9.87. The Labute approximate surface area is 207 Å². The number of fused-ring (bicyclic) bond motifs is 2. The average molecular weight is 505 g/mol. The van der Waals surface area contributed by atoms with Crippen molar-refractivity contribution in [3.05, 3.63) is 59.7 Å². The summed E-state index contributed by atoms with van der Waals surface area (Å²) < 4.78 is 48.2. The number of halogens is 2. The van der Waals surface area contributed by atoms with Crippen LogP contribution in [0.15, 0.2) is 42.5 Å². The molecular formula is C26H30F2N2O4S. The van der Waals surface area contributed by atoms with Crippen molar-refractivity contribution >= 4 is 23.2 Å². The molecule has 2 saturated heterocycles. The fraction of sp³-hybridized carbons (Fsp3) is 0.462. The summed E-state index contributed by atoms with van der Waals surface area (Å²) in [6.45, 7) is 4.43. The summed E-state index contributed by atoms with van der Waals surface area (Å²) in [4.78, 5) is 27.1. The number of nitrogens with zero attached hydrogens (tertiary/aromatic N) is 1. The van der Waals surface area contributed by atoms with Crippen molar-refractivity contribution in [3.8, 4) is 11.1 Å². The predicted molar refractivity (Wildman–Crippen MR) is 129 cm³/mol. The first-order valence-electron chi connectivity index (χ1n) is 11.6. The minimum absolute atomic E-state index is 0.0103. The lowest BCUT2D eigenvalue weighted by Crippen LogP contribution is -2.72. The molecule has 1 saturated carbocycles. The van der Waals surface area contributed by atoms with Crippen molar-refractivity contribution in [1.29, 1.82) is 0 Å². The molecule has 3 aliphatic rings. The standard InChI is InChI=1S/C26H30F2N2O4S/c1-15(31)34-26(2,3)25(32)30-22-12-19(13-22)24(29-35(4)33)23(30)9-16-6-5-7-17(8-16)18-10-20(27)14-21(28)11-18/h5-8,10-11,14,19,22-24,29H,9,12-13H2,1-4H3. The van der Waals surface area contributed by atoms with Gasteiger partial charge in [0.15, 0.2) is 5.60 Å². The van der Waals surface area contributed by atoms with Crippen molar-refractivity contribution in [3.63, 3.8) is 0 Å². The van der Waals surface area contributed by atoms with E-state index in [1.165, 1.54) is 19.1 Å². The highest BCUT2D eigenvalue weighted by Crippen LogP contribution is 2.45. The Morgan fingerprint density at radius 2 is 1.80 bits per heavy atom. The molecule has 0 radical (unpaired) electrons. The summed E-state index contributed by atoms with van der Waals surface area (Å²) in [5.41, 5.74) is 0.603. The maximum Gasteiger partial charge on any atom is 0.303 e. The van der Waals surface area contributed by atoms with Crippen molar-refractivity contribution in [2.75, 3.05) is 6.26 Å². The van der Waals surface area contributed by atoms with Gasteiger partial charge in [0, 0.05) is 30.4 Å². The molecule has 2 aromatic carbocycles. The van der Waals surface area contributed by atoms with Gasteiger partial charge in [0.2, 0.25) is 0 Å². The molecule has 6 nitrogen and oxygen atoms in total. The Kier molecular flexibility index (Phi) is 7.22. The van der Waals surface area contributed by atoms with Crippen molar-refractivity contribution in [2.24, 2.45) is 5.92 Å². The number of nitrogens with one attached hydrogen (secondary N) is 1. The molecule has 1 N–H and O–H groups in total. The molecule has 3 fully saturated rings. The third-order valence-corrected chi connectivity index (χ3v) is 7.45. The first kappa shape index (κ1) is 25.6. The summed E-state index contributed by atoms with van der Waals surface area (Å²) in [6, 6.07) is 10.2. The predicted octanol–water partition coefficient (Wildman–Crippen LogP) is 3.76. The maximum absolute atomic E-state index is 13.8. The monoisotopic (exact) mass is 504 g/mol. The molecule has 0 aromatic heterocycles. The maximum atomic E-state index is 13.8. The van der Waals surface area contributed by atoms with Gasteiger partial charge >= 0.3 is 5.97 Å². The molecule has 2 bridgehead atoms. The van der Waals surface area contributed by atoms with Crippen LogP contribution in [0, 0.1) is 17.6 Å². The molecule has 3 atom stereocenters. The van der Waals surface area contributed by atoms with Crippen LogP contribution in [0.3, 0.4) is 0 Å². The fourth-order valence-electron chi connectivity index (χ4n) is 5.37. The highest BCUT2D eigenvalue weighted by molar-refractivity contribution is 7.88. The van der Waals surface area contributed by atoms with E-state index in [4.69, 9.17) is 4.74 Å². The molecule has 1 amide bonds. The van der Waals surface area contributed by atoms with Gasteiger partial charge < -0.3 is 14.2 Å². The van der Waals surface area contributed by atoms with Crippen LogP contribution in [0.5, 0.6) is 0 Å². The number of esters is 1. The fourth-order valence-corrected chi connectivity index (χ4v) is 6.10. The van der Waals surface area contributed by atoms with Crippen molar-refractivity contribution in [2.45, 2.75) is 63.8 Å². The lowest BCUT2D eigenvalue weighted by molar-refractivity contribution is -0.179. The van der Waals surface area contributed by atoms with Gasteiger partial charge in [0.05, 0.1) is 12.1 Å². The van der Waals surface area contributed by atoms with Gasteiger partial charge in [0.1, 0.15) is 17.9 Å². The third-order valence-electron chi connectivity index (χ3n) is 6.84. The Balaban J connectivity index is 1.67. The molecule has 9 heteroatoms. The van der Waals surface area contributed by atoms with Crippen LogP contribution in [-0.4, -0.2) is 51.3 Å². The van der Waals surface area contributed by atoms with Crippen molar-refractivity contribution < 1.29 is 27.7 Å². The van der Waals surface area contributed by atoms with Crippen LogP contribution in [-0.2, 0) is 32.1 Å². The Hall–Kier alpha value is -2.49. The number of hydrogen-bond donors (Lipinski definition) is 1. The van der Waals surface area contributed by atoms with Gasteiger partial charge in [-0.05, 0) is 67.9 Å². The van der Waals surface area contributed by atoms with Crippen molar-refractivity contribution in [1.82, 2.24) is 9.62 Å². The molecule has 188 valence electrons. The molecule has 1 aliphatic carbocycles. The van der Waals surface area contributed by atoms with E-state index in [-0.39, 0.29) is 30.0 Å². The lowest BCUT2D eigenvalue weighted by atomic mass is 9.66. The van der Waals surface area contributed by atoms with E-state index in [1.807, 2.05) is 18.2 Å². The number of piperidine rings is 2. The SMILES string of the molecule is CC(=O)OC(C)(C)C(=O)N1C2CC(C2)C(N[S+](C)[O-])C1Cc1cccc(-c2cc(F)cc(F)c2)c1. The summed E-state index contributed by atoms with van der Waals surface area (Å²) in [6.07, 6.45) is 3.58. The highest BCUT2D eigenvalue weighted by Gasteiger charge is 2.55. The number of ether oxygens (including phenoxy) is 1. The summed E-state index contributed by atoms with van der Waals surface area (Å²) in [5.74, 6) is -1.87. The van der Waals surface area contributed by atoms with Crippen LogP contribution in [0.4, 0.5) is 8.78 Å². The summed E-state index contributed by atoms with van der Waals surface area (Å²) in [5, 5.41) is 0. The first-order chi connectivity index (χ1) is 16.4. The van der Waals surface area contributed by atoms with E-state index in [0.717, 1.165) is 24.5 Å². The van der Waals surface area contributed by atoms with E-state index in [1.54, 1.807) is 31.1 Å². The largest absolute Gasteiger partial charge is 0.598 e. The van der Waals surface area contributed by atoms with Gasteiger partial charge in [0.25, 0.3) is 5.91 Å². The van der Waals surface area contributed by atoms with Gasteiger partial charge in [-0.3, -0.25) is 9.59 Å². The number of benzene rings is 2. The normalized spacial score (nSPS) is 24.5. The molecule has 3 unspecified atom stereocenters. The molecule has 2 aromatic rings. The van der Waals surface area contributed by atoms with Gasteiger partial charge in [-0.1, -0.05) is 24.3 Å². The number of carbonyl (C=O) groups excluding carboxylic acids is 2. The second-order valence-electron chi connectivity index (χ2n) is 9.93. The molecule has 0 spiro atoms. The third kappa shape index (κ3) is 5.52. The minimum Gasteiger partial charge on any atom is -0.598 e. The van der Waals surface area contributed by atoms with E-state index >= 15 is 0 Å².